The summed E-state index contributed by atoms with van der Waals surface area (Å²) < 4.78 is 5.86. The summed E-state index contributed by atoms with van der Waals surface area (Å²) in [6.07, 6.45) is 2.24. The quantitative estimate of drug-likeness (QED) is 0.915. The Morgan fingerprint density at radius 3 is 2.83 bits per heavy atom. The molecule has 2 aliphatic rings. The Labute approximate surface area is 139 Å². The highest BCUT2D eigenvalue weighted by Gasteiger charge is 2.43. The minimum atomic E-state index is -1.14. The summed E-state index contributed by atoms with van der Waals surface area (Å²) in [6, 6.07) is 7.78. The van der Waals surface area contributed by atoms with Crippen LogP contribution in [0.15, 0.2) is 28.7 Å². The van der Waals surface area contributed by atoms with E-state index >= 15 is 0 Å². The van der Waals surface area contributed by atoms with Crippen molar-refractivity contribution in [1.82, 2.24) is 9.88 Å². The van der Waals surface area contributed by atoms with Crippen LogP contribution in [0.1, 0.15) is 31.1 Å². The number of thioether (sulfide) groups is 1. The van der Waals surface area contributed by atoms with Gasteiger partial charge in [0.1, 0.15) is 5.52 Å². The van der Waals surface area contributed by atoms with Gasteiger partial charge in [-0.3, -0.25) is 4.79 Å². The Balaban J connectivity index is 1.43. The molecular formula is C17H20N2O3S. The van der Waals surface area contributed by atoms with Crippen molar-refractivity contribution < 1.29 is 14.3 Å². The predicted octanol–water partition coefficient (Wildman–Crippen LogP) is 2.40. The molecular weight excluding hydrogens is 312 g/mol. The zero-order chi connectivity index (χ0) is 15.9. The number of rotatable bonds is 2. The van der Waals surface area contributed by atoms with E-state index in [1.54, 1.807) is 11.8 Å². The number of piperidine rings is 1. The lowest BCUT2D eigenvalue weighted by molar-refractivity contribution is -0.149. The molecule has 1 aromatic heterocycles. The van der Waals surface area contributed by atoms with E-state index in [0.717, 1.165) is 35.6 Å². The minimum Gasteiger partial charge on any atom is -0.440 e. The van der Waals surface area contributed by atoms with E-state index in [1.165, 1.54) is 0 Å². The second-order valence-electron chi connectivity index (χ2n) is 6.42. The SMILES string of the molecule is O=C(N1CCC(c2nc3ccccc3o2)CC1)C1(O)CCSC1. The van der Waals surface area contributed by atoms with E-state index in [2.05, 4.69) is 4.98 Å². The molecule has 2 saturated heterocycles. The molecule has 2 aromatic rings. The lowest BCUT2D eigenvalue weighted by Crippen LogP contribution is -2.51. The van der Waals surface area contributed by atoms with Crippen molar-refractivity contribution in [2.24, 2.45) is 0 Å². The molecule has 1 aromatic carbocycles. The normalized spacial score (nSPS) is 26.0. The van der Waals surface area contributed by atoms with Gasteiger partial charge in [-0.05, 0) is 37.1 Å². The number of nitrogens with zero attached hydrogens (tertiary/aromatic N) is 2. The van der Waals surface area contributed by atoms with Crippen LogP contribution < -0.4 is 0 Å². The van der Waals surface area contributed by atoms with Crippen LogP contribution >= 0.6 is 11.8 Å². The maximum absolute atomic E-state index is 12.5. The third kappa shape index (κ3) is 2.74. The summed E-state index contributed by atoms with van der Waals surface area (Å²) in [7, 11) is 0. The summed E-state index contributed by atoms with van der Waals surface area (Å²) >= 11 is 1.65. The van der Waals surface area contributed by atoms with Gasteiger partial charge < -0.3 is 14.4 Å². The molecule has 0 bridgehead atoms. The molecule has 5 nitrogen and oxygen atoms in total. The van der Waals surface area contributed by atoms with Crippen molar-refractivity contribution in [3.05, 3.63) is 30.2 Å². The third-order valence-corrected chi connectivity index (χ3v) is 6.02. The van der Waals surface area contributed by atoms with E-state index in [9.17, 15) is 9.90 Å². The molecule has 1 amide bonds. The number of benzene rings is 1. The van der Waals surface area contributed by atoms with Crippen molar-refractivity contribution >= 4 is 28.8 Å². The van der Waals surface area contributed by atoms with E-state index in [-0.39, 0.29) is 11.8 Å². The maximum atomic E-state index is 12.5. The summed E-state index contributed by atoms with van der Waals surface area (Å²) in [5, 5.41) is 10.4. The highest BCUT2D eigenvalue weighted by molar-refractivity contribution is 7.99. The van der Waals surface area contributed by atoms with E-state index < -0.39 is 5.60 Å². The monoisotopic (exact) mass is 332 g/mol. The molecule has 0 aliphatic carbocycles. The molecule has 2 fully saturated rings. The van der Waals surface area contributed by atoms with E-state index in [0.29, 0.717) is 25.3 Å². The van der Waals surface area contributed by atoms with Crippen molar-refractivity contribution in [2.45, 2.75) is 30.8 Å². The van der Waals surface area contributed by atoms with Gasteiger partial charge in [-0.15, -0.1) is 0 Å². The number of aromatic nitrogens is 1. The van der Waals surface area contributed by atoms with Gasteiger partial charge in [-0.2, -0.15) is 11.8 Å². The van der Waals surface area contributed by atoms with Gasteiger partial charge in [0.25, 0.3) is 5.91 Å². The molecule has 1 unspecified atom stereocenters. The first-order valence-electron chi connectivity index (χ1n) is 8.11. The van der Waals surface area contributed by atoms with Gasteiger partial charge in [0.2, 0.25) is 0 Å². The average Bonchev–Trinajstić information content (AvgIpc) is 3.21. The fourth-order valence-electron chi connectivity index (χ4n) is 3.41. The van der Waals surface area contributed by atoms with Gasteiger partial charge in [0, 0.05) is 24.8 Å². The molecule has 0 radical (unpaired) electrons. The van der Waals surface area contributed by atoms with Crippen LogP contribution in [-0.2, 0) is 4.79 Å². The number of amides is 1. The Kier molecular flexibility index (Phi) is 3.81. The summed E-state index contributed by atoms with van der Waals surface area (Å²) in [5.41, 5.74) is 0.561. The highest BCUT2D eigenvalue weighted by atomic mass is 32.2. The number of hydrogen-bond acceptors (Lipinski definition) is 5. The molecule has 0 spiro atoms. The largest absolute Gasteiger partial charge is 0.440 e. The van der Waals surface area contributed by atoms with E-state index in [1.807, 2.05) is 29.2 Å². The van der Waals surface area contributed by atoms with Crippen LogP contribution in [0.4, 0.5) is 0 Å². The third-order valence-electron chi connectivity index (χ3n) is 4.84. The summed E-state index contributed by atoms with van der Waals surface area (Å²) in [4.78, 5) is 18.9. The Morgan fingerprint density at radius 2 is 2.13 bits per heavy atom. The van der Waals surface area contributed by atoms with Gasteiger partial charge in [-0.1, -0.05) is 12.1 Å². The number of para-hydroxylation sites is 2. The molecule has 6 heteroatoms. The number of carbonyl (C=O) groups excluding carboxylic acids is 1. The highest BCUT2D eigenvalue weighted by Crippen LogP contribution is 2.33. The first-order chi connectivity index (χ1) is 11.2. The second-order valence-corrected chi connectivity index (χ2v) is 7.53. The summed E-state index contributed by atoms with van der Waals surface area (Å²) in [5.74, 6) is 2.31. The lowest BCUT2D eigenvalue weighted by atomic mass is 9.94. The van der Waals surface area contributed by atoms with Crippen molar-refractivity contribution in [3.8, 4) is 0 Å². The van der Waals surface area contributed by atoms with Crippen LogP contribution in [0.25, 0.3) is 11.1 Å². The topological polar surface area (TPSA) is 66.6 Å². The number of carbonyl (C=O) groups is 1. The average molecular weight is 332 g/mol. The Bertz CT molecular complexity index is 682. The number of fused-ring (bicyclic) bond motifs is 1. The van der Waals surface area contributed by atoms with Crippen LogP contribution in [-0.4, -0.2) is 51.1 Å². The summed E-state index contributed by atoms with van der Waals surface area (Å²) in [6.45, 7) is 1.32. The van der Waals surface area contributed by atoms with Crippen LogP contribution in [0.5, 0.6) is 0 Å². The lowest BCUT2D eigenvalue weighted by Gasteiger charge is -2.35. The zero-order valence-electron chi connectivity index (χ0n) is 12.9. The Hall–Kier alpha value is -1.53. The van der Waals surface area contributed by atoms with Gasteiger partial charge in [-0.25, -0.2) is 4.98 Å². The van der Waals surface area contributed by atoms with E-state index in [4.69, 9.17) is 4.42 Å². The van der Waals surface area contributed by atoms with Crippen molar-refractivity contribution in [3.63, 3.8) is 0 Å². The fraction of sp³-hybridized carbons (Fsp3) is 0.529. The first-order valence-corrected chi connectivity index (χ1v) is 9.26. The standard InChI is InChI=1S/C17H20N2O3S/c20-16(17(21)7-10-23-11-17)19-8-5-12(6-9-19)15-18-13-3-1-2-4-14(13)22-15/h1-4,12,21H,5-11H2. The van der Waals surface area contributed by atoms with Gasteiger partial charge in [0.05, 0.1) is 0 Å². The van der Waals surface area contributed by atoms with Crippen molar-refractivity contribution in [2.75, 3.05) is 24.6 Å². The molecule has 1 N–H and O–H groups in total. The molecule has 2 aliphatic heterocycles. The van der Waals surface area contributed by atoms with Crippen LogP contribution in [0.2, 0.25) is 0 Å². The molecule has 23 heavy (non-hydrogen) atoms. The van der Waals surface area contributed by atoms with Crippen LogP contribution in [0, 0.1) is 0 Å². The maximum Gasteiger partial charge on any atom is 0.255 e. The number of hydrogen-bond donors (Lipinski definition) is 1. The van der Waals surface area contributed by atoms with Gasteiger partial charge >= 0.3 is 0 Å². The van der Waals surface area contributed by atoms with Gasteiger partial charge in [0.15, 0.2) is 17.1 Å². The number of oxazole rings is 1. The molecule has 3 heterocycles. The van der Waals surface area contributed by atoms with Crippen molar-refractivity contribution in [1.29, 1.82) is 0 Å². The molecule has 1 atom stereocenters. The molecule has 4 rings (SSSR count). The number of likely N-dealkylation sites (tertiary alicyclic amines) is 1. The first kappa shape index (κ1) is 15.0. The predicted molar refractivity (Wildman–Crippen MR) is 89.5 cm³/mol. The molecule has 122 valence electrons. The fourth-order valence-corrected chi connectivity index (χ4v) is 4.64. The van der Waals surface area contributed by atoms with Crippen LogP contribution in [0.3, 0.4) is 0 Å². The smallest absolute Gasteiger partial charge is 0.255 e. The minimum absolute atomic E-state index is 0.0986. The Morgan fingerprint density at radius 1 is 1.35 bits per heavy atom. The molecule has 0 saturated carbocycles. The second kappa shape index (κ2) is 5.83. The number of aliphatic hydroxyl groups is 1. The zero-order valence-corrected chi connectivity index (χ0v) is 13.7.